The molecule has 0 fully saturated rings. The fraction of sp³-hybridized carbons (Fsp3) is 0.455. The van der Waals surface area contributed by atoms with Crippen LogP contribution in [-0.4, -0.2) is 16.1 Å². The minimum Gasteiger partial charge on any atom is -0.481 e. The van der Waals surface area contributed by atoms with Crippen molar-refractivity contribution in [3.05, 3.63) is 29.6 Å². The zero-order valence-electron chi connectivity index (χ0n) is 8.16. The van der Waals surface area contributed by atoms with Crippen molar-refractivity contribution in [1.82, 2.24) is 4.98 Å². The highest BCUT2D eigenvalue weighted by molar-refractivity contribution is 5.81. The Morgan fingerprint density at radius 1 is 1.64 bits per heavy atom. The van der Waals surface area contributed by atoms with E-state index in [1.165, 1.54) is 0 Å². The summed E-state index contributed by atoms with van der Waals surface area (Å²) in [6.45, 7) is 1.76. The third-order valence-electron chi connectivity index (χ3n) is 3.01. The Labute approximate surface area is 82.8 Å². The van der Waals surface area contributed by atoms with Crippen molar-refractivity contribution < 1.29 is 9.90 Å². The van der Waals surface area contributed by atoms with E-state index >= 15 is 0 Å². The summed E-state index contributed by atoms with van der Waals surface area (Å²) in [5, 5.41) is 9.20. The highest BCUT2D eigenvalue weighted by Crippen LogP contribution is 2.35. The number of aliphatic carboxylic acids is 1. The van der Waals surface area contributed by atoms with Crippen LogP contribution in [0.4, 0.5) is 0 Å². The van der Waals surface area contributed by atoms with Gasteiger partial charge >= 0.3 is 5.97 Å². The Kier molecular flexibility index (Phi) is 2.02. The predicted octanol–water partition coefficient (Wildman–Crippen LogP) is 1.76. The van der Waals surface area contributed by atoms with Gasteiger partial charge < -0.3 is 5.11 Å². The number of pyridine rings is 1. The van der Waals surface area contributed by atoms with Gasteiger partial charge in [0.2, 0.25) is 0 Å². The van der Waals surface area contributed by atoms with Crippen molar-refractivity contribution in [2.24, 2.45) is 0 Å². The summed E-state index contributed by atoms with van der Waals surface area (Å²) in [5.74, 6) is -0.767. The lowest BCUT2D eigenvalue weighted by atomic mass is 9.74. The molecule has 1 N–H and O–H groups in total. The molecule has 1 aliphatic carbocycles. The summed E-state index contributed by atoms with van der Waals surface area (Å²) in [7, 11) is 0. The van der Waals surface area contributed by atoms with Crippen LogP contribution >= 0.6 is 0 Å². The van der Waals surface area contributed by atoms with Gasteiger partial charge in [0.1, 0.15) is 5.41 Å². The van der Waals surface area contributed by atoms with E-state index in [2.05, 4.69) is 4.98 Å². The SMILES string of the molecule is CC1(C(=O)O)CCCc2cccnc21. The average molecular weight is 191 g/mol. The van der Waals surface area contributed by atoms with E-state index in [4.69, 9.17) is 0 Å². The quantitative estimate of drug-likeness (QED) is 0.735. The fourth-order valence-electron chi connectivity index (χ4n) is 2.10. The summed E-state index contributed by atoms with van der Waals surface area (Å²) < 4.78 is 0. The van der Waals surface area contributed by atoms with Crippen LogP contribution in [0.2, 0.25) is 0 Å². The monoisotopic (exact) mass is 191 g/mol. The van der Waals surface area contributed by atoms with E-state index < -0.39 is 11.4 Å². The third-order valence-corrected chi connectivity index (χ3v) is 3.01. The Morgan fingerprint density at radius 2 is 2.43 bits per heavy atom. The highest BCUT2D eigenvalue weighted by Gasteiger charge is 2.40. The number of carboxylic acid groups (broad SMARTS) is 1. The van der Waals surface area contributed by atoms with E-state index in [1.54, 1.807) is 13.1 Å². The molecule has 0 amide bonds. The maximum absolute atomic E-state index is 11.2. The minimum atomic E-state index is -0.783. The van der Waals surface area contributed by atoms with Gasteiger partial charge in [-0.25, -0.2) is 0 Å². The van der Waals surface area contributed by atoms with Crippen LogP contribution in [0.1, 0.15) is 31.0 Å². The maximum Gasteiger partial charge on any atom is 0.315 e. The van der Waals surface area contributed by atoms with E-state index in [9.17, 15) is 9.90 Å². The average Bonchev–Trinajstić information content (AvgIpc) is 2.18. The molecule has 3 heteroatoms. The molecule has 0 spiro atoms. The fourth-order valence-corrected chi connectivity index (χ4v) is 2.10. The summed E-state index contributed by atoms with van der Waals surface area (Å²) in [6, 6.07) is 3.84. The lowest BCUT2D eigenvalue weighted by molar-refractivity contribution is -0.143. The summed E-state index contributed by atoms with van der Waals surface area (Å²) in [6.07, 6.45) is 4.24. The van der Waals surface area contributed by atoms with Crippen LogP contribution in [0, 0.1) is 0 Å². The number of hydrogen-bond donors (Lipinski definition) is 1. The second kappa shape index (κ2) is 3.08. The first kappa shape index (κ1) is 9.19. The molecule has 3 nitrogen and oxygen atoms in total. The van der Waals surface area contributed by atoms with Crippen LogP contribution in [0.15, 0.2) is 18.3 Å². The molecule has 0 bridgehead atoms. The largest absolute Gasteiger partial charge is 0.481 e. The molecule has 0 radical (unpaired) electrons. The molecule has 0 saturated carbocycles. The number of carbonyl (C=O) groups is 1. The van der Waals surface area contributed by atoms with Crippen molar-refractivity contribution in [2.45, 2.75) is 31.6 Å². The number of aryl methyl sites for hydroxylation is 1. The molecule has 0 saturated heterocycles. The number of carboxylic acids is 1. The second-order valence-electron chi connectivity index (χ2n) is 4.00. The molecule has 1 unspecified atom stereocenters. The molecule has 1 heterocycles. The zero-order valence-corrected chi connectivity index (χ0v) is 8.16. The van der Waals surface area contributed by atoms with E-state index in [0.29, 0.717) is 6.42 Å². The van der Waals surface area contributed by atoms with Crippen LogP contribution < -0.4 is 0 Å². The molecule has 1 aromatic heterocycles. The van der Waals surface area contributed by atoms with Gasteiger partial charge in [0.15, 0.2) is 0 Å². The van der Waals surface area contributed by atoms with E-state index in [0.717, 1.165) is 24.1 Å². The Bertz CT molecular complexity index is 375. The van der Waals surface area contributed by atoms with Gasteiger partial charge in [-0.1, -0.05) is 6.07 Å². The van der Waals surface area contributed by atoms with Crippen LogP contribution in [0.25, 0.3) is 0 Å². The van der Waals surface area contributed by atoms with Crippen molar-refractivity contribution in [1.29, 1.82) is 0 Å². The van der Waals surface area contributed by atoms with Gasteiger partial charge in [0.25, 0.3) is 0 Å². The summed E-state index contributed by atoms with van der Waals surface area (Å²) in [4.78, 5) is 15.4. The standard InChI is InChI=1S/C11H13NO2/c1-11(10(13)14)6-2-4-8-5-3-7-12-9(8)11/h3,5,7H,2,4,6H2,1H3,(H,13,14). The zero-order chi connectivity index (χ0) is 10.2. The van der Waals surface area contributed by atoms with E-state index in [1.807, 2.05) is 12.1 Å². The molecule has 1 aromatic rings. The van der Waals surface area contributed by atoms with Gasteiger partial charge in [0, 0.05) is 6.20 Å². The van der Waals surface area contributed by atoms with Gasteiger partial charge in [-0.2, -0.15) is 0 Å². The maximum atomic E-state index is 11.2. The van der Waals surface area contributed by atoms with Crippen LogP contribution in [-0.2, 0) is 16.6 Å². The number of fused-ring (bicyclic) bond motifs is 1. The van der Waals surface area contributed by atoms with Crippen molar-refractivity contribution in [3.8, 4) is 0 Å². The predicted molar refractivity (Wildman–Crippen MR) is 52.2 cm³/mol. The van der Waals surface area contributed by atoms with Gasteiger partial charge in [-0.15, -0.1) is 0 Å². The first-order valence-electron chi connectivity index (χ1n) is 4.82. The number of nitrogens with zero attached hydrogens (tertiary/aromatic N) is 1. The van der Waals surface area contributed by atoms with E-state index in [-0.39, 0.29) is 0 Å². The number of hydrogen-bond acceptors (Lipinski definition) is 2. The highest BCUT2D eigenvalue weighted by atomic mass is 16.4. The smallest absolute Gasteiger partial charge is 0.315 e. The Balaban J connectivity index is 2.55. The molecule has 1 aliphatic rings. The molecular formula is C11H13NO2. The molecular weight excluding hydrogens is 178 g/mol. The number of rotatable bonds is 1. The number of aromatic nitrogens is 1. The topological polar surface area (TPSA) is 50.2 Å². The first-order valence-corrected chi connectivity index (χ1v) is 4.82. The molecule has 0 aromatic carbocycles. The molecule has 14 heavy (non-hydrogen) atoms. The molecule has 2 rings (SSSR count). The minimum absolute atomic E-state index is 0.687. The summed E-state index contributed by atoms with van der Waals surface area (Å²) in [5.41, 5.74) is 1.05. The van der Waals surface area contributed by atoms with Gasteiger partial charge in [0.05, 0.1) is 5.69 Å². The molecule has 1 atom stereocenters. The van der Waals surface area contributed by atoms with Crippen molar-refractivity contribution >= 4 is 5.97 Å². The molecule has 0 aliphatic heterocycles. The van der Waals surface area contributed by atoms with Crippen molar-refractivity contribution in [3.63, 3.8) is 0 Å². The first-order chi connectivity index (χ1) is 6.64. The van der Waals surface area contributed by atoms with Crippen LogP contribution in [0.5, 0.6) is 0 Å². The lowest BCUT2D eigenvalue weighted by Crippen LogP contribution is -2.37. The third kappa shape index (κ3) is 1.20. The molecule has 74 valence electrons. The normalized spacial score (nSPS) is 25.5. The Morgan fingerprint density at radius 3 is 3.14 bits per heavy atom. The van der Waals surface area contributed by atoms with Gasteiger partial charge in [-0.3, -0.25) is 9.78 Å². The van der Waals surface area contributed by atoms with Crippen molar-refractivity contribution in [2.75, 3.05) is 0 Å². The Hall–Kier alpha value is -1.38. The summed E-state index contributed by atoms with van der Waals surface area (Å²) >= 11 is 0. The van der Waals surface area contributed by atoms with Crippen LogP contribution in [0.3, 0.4) is 0 Å². The van der Waals surface area contributed by atoms with Gasteiger partial charge in [-0.05, 0) is 37.8 Å². The lowest BCUT2D eigenvalue weighted by Gasteiger charge is -2.30. The second-order valence-corrected chi connectivity index (χ2v) is 4.00.